The maximum atomic E-state index is 12.6. The van der Waals surface area contributed by atoms with E-state index in [1.54, 1.807) is 30.3 Å². The molecule has 0 aliphatic carbocycles. The summed E-state index contributed by atoms with van der Waals surface area (Å²) in [7, 11) is 0. The zero-order valence-electron chi connectivity index (χ0n) is 19.8. The maximum Gasteiger partial charge on any atom is 0.338 e. The van der Waals surface area contributed by atoms with Crippen molar-refractivity contribution in [3.8, 4) is 0 Å². The molecule has 0 aromatic heterocycles. The molecule has 4 rings (SSSR count). The fourth-order valence-electron chi connectivity index (χ4n) is 3.84. The van der Waals surface area contributed by atoms with Gasteiger partial charge < -0.3 is 28.4 Å². The molecule has 2 aliphatic rings. The monoisotopic (exact) mass is 472 g/mol. The van der Waals surface area contributed by atoms with Crippen LogP contribution in [-0.2, 0) is 28.4 Å². The fourth-order valence-corrected chi connectivity index (χ4v) is 3.84. The van der Waals surface area contributed by atoms with Crippen molar-refractivity contribution in [2.45, 2.75) is 13.8 Å². The molecule has 2 fully saturated rings. The van der Waals surface area contributed by atoms with E-state index in [-0.39, 0.29) is 24.0 Å². The Balaban J connectivity index is 1.24. The number of benzene rings is 2. The number of hydrogen-bond donors (Lipinski definition) is 0. The van der Waals surface area contributed by atoms with Crippen LogP contribution in [0.4, 0.5) is 0 Å². The van der Waals surface area contributed by atoms with E-state index in [1.165, 1.54) is 0 Å². The maximum absolute atomic E-state index is 12.6. The van der Waals surface area contributed by atoms with E-state index in [0.717, 1.165) is 5.39 Å². The quantitative estimate of drug-likeness (QED) is 0.344. The van der Waals surface area contributed by atoms with E-state index in [2.05, 4.69) is 13.8 Å². The third kappa shape index (κ3) is 6.13. The van der Waals surface area contributed by atoms with Gasteiger partial charge in [0.2, 0.25) is 0 Å². The Morgan fingerprint density at radius 3 is 1.94 bits per heavy atom. The number of rotatable bonds is 12. The average Bonchev–Trinajstić information content (AvgIpc) is 2.80. The molecular weight excluding hydrogens is 440 g/mol. The molecule has 2 heterocycles. The van der Waals surface area contributed by atoms with Gasteiger partial charge in [0.05, 0.1) is 64.0 Å². The molecule has 2 aromatic rings. The first-order chi connectivity index (χ1) is 16.4. The van der Waals surface area contributed by atoms with E-state index in [1.807, 2.05) is 6.07 Å². The highest BCUT2D eigenvalue weighted by molar-refractivity contribution is 6.06. The normalized spacial score (nSPS) is 18.1. The van der Waals surface area contributed by atoms with Crippen molar-refractivity contribution in [1.82, 2.24) is 0 Å². The molecular formula is C26H32O8. The molecule has 0 unspecified atom stereocenters. The van der Waals surface area contributed by atoms with Gasteiger partial charge in [-0.25, -0.2) is 9.59 Å². The summed E-state index contributed by atoms with van der Waals surface area (Å²) in [4.78, 5) is 25.0. The molecule has 8 heteroatoms. The zero-order chi connectivity index (χ0) is 24.0. The number of carbonyl (C=O) groups is 2. The van der Waals surface area contributed by atoms with Crippen LogP contribution in [0.25, 0.3) is 10.8 Å². The summed E-state index contributed by atoms with van der Waals surface area (Å²) < 4.78 is 32.3. The lowest BCUT2D eigenvalue weighted by Crippen LogP contribution is -2.43. The van der Waals surface area contributed by atoms with Crippen molar-refractivity contribution >= 4 is 22.7 Å². The number of ether oxygens (including phenoxy) is 6. The van der Waals surface area contributed by atoms with Crippen LogP contribution < -0.4 is 0 Å². The highest BCUT2D eigenvalue weighted by Crippen LogP contribution is 2.27. The Kier molecular flexibility index (Phi) is 7.83. The Hall–Kier alpha value is -2.52. The fraction of sp³-hybridized carbons (Fsp3) is 0.538. The number of esters is 2. The van der Waals surface area contributed by atoms with Gasteiger partial charge in [0.15, 0.2) is 0 Å². The summed E-state index contributed by atoms with van der Waals surface area (Å²) in [6.07, 6.45) is 0. The van der Waals surface area contributed by atoms with Gasteiger partial charge in [-0.15, -0.1) is 0 Å². The molecule has 2 aliphatic heterocycles. The second-order valence-electron chi connectivity index (χ2n) is 9.73. The molecule has 0 amide bonds. The van der Waals surface area contributed by atoms with E-state index < -0.39 is 11.9 Å². The summed E-state index contributed by atoms with van der Waals surface area (Å²) in [5, 5.41) is 1.47. The minimum Gasteiger partial charge on any atom is -0.460 e. The molecule has 2 aromatic carbocycles. The van der Waals surface area contributed by atoms with E-state index in [9.17, 15) is 9.59 Å². The van der Waals surface area contributed by atoms with E-state index >= 15 is 0 Å². The number of hydrogen-bond acceptors (Lipinski definition) is 8. The lowest BCUT2D eigenvalue weighted by atomic mass is 9.90. The molecule has 0 spiro atoms. The van der Waals surface area contributed by atoms with Crippen molar-refractivity contribution in [1.29, 1.82) is 0 Å². The van der Waals surface area contributed by atoms with Gasteiger partial charge in [-0.3, -0.25) is 0 Å². The predicted octanol–water partition coefficient (Wildman–Crippen LogP) is 3.26. The molecule has 2 saturated heterocycles. The molecule has 0 saturated carbocycles. The van der Waals surface area contributed by atoms with Crippen LogP contribution in [0.1, 0.15) is 34.6 Å². The SMILES string of the molecule is CC1(COCCOC(=O)c2ccc3c(C(=O)OCCOCC4(C)COC4)cccc3c2)COC1. The standard InChI is InChI=1S/C26H32O8/c1-25(15-31-16-25)13-29-8-10-33-23(27)20-6-7-21-19(12-20)4-3-5-22(21)24(28)34-11-9-30-14-26(2)17-32-18-26/h3-7,12H,8-11,13-18H2,1-2H3. The van der Waals surface area contributed by atoms with Crippen LogP contribution in [0.2, 0.25) is 0 Å². The van der Waals surface area contributed by atoms with Crippen molar-refractivity contribution in [2.24, 2.45) is 10.8 Å². The lowest BCUT2D eigenvalue weighted by Gasteiger charge is -2.37. The molecule has 0 N–H and O–H groups in total. The molecule has 0 atom stereocenters. The van der Waals surface area contributed by atoms with E-state index in [0.29, 0.717) is 69.4 Å². The van der Waals surface area contributed by atoms with Crippen LogP contribution in [0.5, 0.6) is 0 Å². The van der Waals surface area contributed by atoms with Gasteiger partial charge in [-0.1, -0.05) is 32.0 Å². The van der Waals surface area contributed by atoms with Gasteiger partial charge in [-0.05, 0) is 29.0 Å². The molecule has 0 bridgehead atoms. The van der Waals surface area contributed by atoms with Crippen LogP contribution >= 0.6 is 0 Å². The van der Waals surface area contributed by atoms with Crippen LogP contribution in [0.3, 0.4) is 0 Å². The summed E-state index contributed by atoms with van der Waals surface area (Å²) >= 11 is 0. The average molecular weight is 473 g/mol. The van der Waals surface area contributed by atoms with E-state index in [4.69, 9.17) is 28.4 Å². The molecule has 184 valence electrons. The summed E-state index contributed by atoms with van der Waals surface area (Å²) in [6, 6.07) is 10.4. The van der Waals surface area contributed by atoms with Gasteiger partial charge >= 0.3 is 11.9 Å². The second kappa shape index (κ2) is 10.8. The first kappa shape index (κ1) is 24.6. The van der Waals surface area contributed by atoms with Crippen molar-refractivity contribution in [2.75, 3.05) is 66.1 Å². The van der Waals surface area contributed by atoms with Gasteiger partial charge in [0, 0.05) is 10.8 Å². The third-order valence-electron chi connectivity index (χ3n) is 5.96. The number of fused-ring (bicyclic) bond motifs is 1. The van der Waals surface area contributed by atoms with Crippen LogP contribution in [0.15, 0.2) is 36.4 Å². The molecule has 8 nitrogen and oxygen atoms in total. The Labute approximate surface area is 199 Å². The summed E-state index contributed by atoms with van der Waals surface area (Å²) in [5.41, 5.74) is 0.991. The topological polar surface area (TPSA) is 89.5 Å². The summed E-state index contributed by atoms with van der Waals surface area (Å²) in [6.45, 7) is 9.16. The van der Waals surface area contributed by atoms with Gasteiger partial charge in [0.1, 0.15) is 13.2 Å². The molecule has 0 radical (unpaired) electrons. The van der Waals surface area contributed by atoms with Crippen LogP contribution in [-0.4, -0.2) is 78.0 Å². The van der Waals surface area contributed by atoms with Crippen molar-refractivity contribution < 1.29 is 38.0 Å². The minimum atomic E-state index is -0.431. The predicted molar refractivity (Wildman–Crippen MR) is 124 cm³/mol. The van der Waals surface area contributed by atoms with Crippen molar-refractivity contribution in [3.63, 3.8) is 0 Å². The number of carbonyl (C=O) groups excluding carboxylic acids is 2. The first-order valence-electron chi connectivity index (χ1n) is 11.6. The second-order valence-corrected chi connectivity index (χ2v) is 9.73. The van der Waals surface area contributed by atoms with Gasteiger partial charge in [0.25, 0.3) is 0 Å². The largest absolute Gasteiger partial charge is 0.460 e. The zero-order valence-corrected chi connectivity index (χ0v) is 19.8. The van der Waals surface area contributed by atoms with Gasteiger partial charge in [-0.2, -0.15) is 0 Å². The van der Waals surface area contributed by atoms with Crippen molar-refractivity contribution in [3.05, 3.63) is 47.5 Å². The Bertz CT molecular complexity index is 1010. The highest BCUT2D eigenvalue weighted by Gasteiger charge is 2.34. The third-order valence-corrected chi connectivity index (χ3v) is 5.96. The Morgan fingerprint density at radius 2 is 1.38 bits per heavy atom. The summed E-state index contributed by atoms with van der Waals surface area (Å²) in [5.74, 6) is -0.857. The minimum absolute atomic E-state index is 0.0648. The Morgan fingerprint density at radius 1 is 0.794 bits per heavy atom. The lowest BCUT2D eigenvalue weighted by molar-refractivity contribution is -0.139. The van der Waals surface area contributed by atoms with Crippen LogP contribution in [0, 0.1) is 10.8 Å². The molecule has 34 heavy (non-hydrogen) atoms. The smallest absolute Gasteiger partial charge is 0.338 e. The first-order valence-corrected chi connectivity index (χ1v) is 11.6. The highest BCUT2D eigenvalue weighted by atomic mass is 16.6.